The van der Waals surface area contributed by atoms with Crippen molar-refractivity contribution >= 4 is 5.69 Å². The molecular weight excluding hydrogens is 150 g/mol. The fourth-order valence-electron chi connectivity index (χ4n) is 1.27. The van der Waals surface area contributed by atoms with Crippen LogP contribution < -0.4 is 5.73 Å². The largest absolute Gasteiger partial charge is 0.399 e. The Morgan fingerprint density at radius 2 is 2.33 bits per heavy atom. The standard InChI is InChI=1S/C10H13NO/c1-7-2-3-8(5-10(7)11)4-9-6-12-9/h2-3,5,9H,4,6,11H2,1H3. The molecule has 1 aromatic carbocycles. The summed E-state index contributed by atoms with van der Waals surface area (Å²) in [7, 11) is 0. The number of benzene rings is 1. The van der Waals surface area contributed by atoms with Gasteiger partial charge in [0.1, 0.15) is 0 Å². The van der Waals surface area contributed by atoms with E-state index in [1.165, 1.54) is 5.56 Å². The summed E-state index contributed by atoms with van der Waals surface area (Å²) in [6, 6.07) is 6.22. The van der Waals surface area contributed by atoms with Crippen LogP contribution in [0.1, 0.15) is 11.1 Å². The van der Waals surface area contributed by atoms with Crippen LogP contribution in [0, 0.1) is 6.92 Å². The lowest BCUT2D eigenvalue weighted by Gasteiger charge is -2.02. The zero-order valence-corrected chi connectivity index (χ0v) is 7.21. The van der Waals surface area contributed by atoms with E-state index in [9.17, 15) is 0 Å². The summed E-state index contributed by atoms with van der Waals surface area (Å²) in [5.74, 6) is 0. The lowest BCUT2D eigenvalue weighted by atomic mass is 10.1. The van der Waals surface area contributed by atoms with Gasteiger partial charge in [0.15, 0.2) is 0 Å². The lowest BCUT2D eigenvalue weighted by molar-refractivity contribution is 0.407. The fraction of sp³-hybridized carbons (Fsp3) is 0.400. The van der Waals surface area contributed by atoms with E-state index in [-0.39, 0.29) is 0 Å². The molecule has 2 nitrogen and oxygen atoms in total. The molecule has 1 fully saturated rings. The van der Waals surface area contributed by atoms with Crippen LogP contribution in [-0.4, -0.2) is 12.7 Å². The molecule has 1 atom stereocenters. The molecule has 0 aliphatic carbocycles. The number of nitrogen functional groups attached to an aromatic ring is 1. The van der Waals surface area contributed by atoms with Gasteiger partial charge < -0.3 is 10.5 Å². The van der Waals surface area contributed by atoms with Gasteiger partial charge in [-0.05, 0) is 24.1 Å². The summed E-state index contributed by atoms with van der Waals surface area (Å²) in [4.78, 5) is 0. The van der Waals surface area contributed by atoms with Gasteiger partial charge in [-0.3, -0.25) is 0 Å². The molecule has 2 N–H and O–H groups in total. The molecule has 64 valence electrons. The Labute approximate surface area is 72.3 Å². The highest BCUT2D eigenvalue weighted by molar-refractivity contribution is 5.48. The topological polar surface area (TPSA) is 38.5 Å². The highest BCUT2D eigenvalue weighted by Crippen LogP contribution is 2.19. The van der Waals surface area contributed by atoms with E-state index < -0.39 is 0 Å². The van der Waals surface area contributed by atoms with Gasteiger partial charge in [0, 0.05) is 12.1 Å². The summed E-state index contributed by atoms with van der Waals surface area (Å²) < 4.78 is 5.14. The van der Waals surface area contributed by atoms with E-state index >= 15 is 0 Å². The highest BCUT2D eigenvalue weighted by Gasteiger charge is 2.22. The average molecular weight is 163 g/mol. The molecule has 1 saturated heterocycles. The molecular formula is C10H13NO. The fourth-order valence-corrected chi connectivity index (χ4v) is 1.27. The van der Waals surface area contributed by atoms with Crippen molar-refractivity contribution in [1.29, 1.82) is 0 Å². The minimum absolute atomic E-state index is 0.451. The van der Waals surface area contributed by atoms with Gasteiger partial charge in [-0.1, -0.05) is 12.1 Å². The first-order chi connectivity index (χ1) is 5.75. The molecule has 12 heavy (non-hydrogen) atoms. The first-order valence-corrected chi connectivity index (χ1v) is 4.22. The maximum absolute atomic E-state index is 5.78. The zero-order valence-electron chi connectivity index (χ0n) is 7.21. The third-order valence-electron chi connectivity index (χ3n) is 2.21. The van der Waals surface area contributed by atoms with E-state index in [0.29, 0.717) is 6.10 Å². The minimum atomic E-state index is 0.451. The predicted molar refractivity (Wildman–Crippen MR) is 49.0 cm³/mol. The number of aryl methyl sites for hydroxylation is 1. The van der Waals surface area contributed by atoms with Crippen LogP contribution in [0.3, 0.4) is 0 Å². The molecule has 2 heteroatoms. The number of nitrogens with two attached hydrogens (primary N) is 1. The Morgan fingerprint density at radius 1 is 1.58 bits per heavy atom. The average Bonchev–Trinajstić information content (AvgIpc) is 2.81. The first-order valence-electron chi connectivity index (χ1n) is 4.22. The van der Waals surface area contributed by atoms with Crippen molar-refractivity contribution in [3.63, 3.8) is 0 Å². The molecule has 1 aliphatic heterocycles. The van der Waals surface area contributed by atoms with E-state index in [1.807, 2.05) is 13.0 Å². The Bertz CT molecular complexity index is 292. The molecule has 0 radical (unpaired) electrons. The summed E-state index contributed by atoms with van der Waals surface area (Å²) in [5.41, 5.74) is 9.09. The first kappa shape index (κ1) is 7.62. The molecule has 2 rings (SSSR count). The SMILES string of the molecule is Cc1ccc(CC2CO2)cc1N. The van der Waals surface area contributed by atoms with Crippen LogP contribution in [0.15, 0.2) is 18.2 Å². The smallest absolute Gasteiger partial charge is 0.0850 e. The van der Waals surface area contributed by atoms with Gasteiger partial charge in [0.2, 0.25) is 0 Å². The van der Waals surface area contributed by atoms with Crippen LogP contribution in [0.4, 0.5) is 5.69 Å². The second-order valence-corrected chi connectivity index (χ2v) is 3.35. The van der Waals surface area contributed by atoms with E-state index in [1.54, 1.807) is 0 Å². The van der Waals surface area contributed by atoms with Crippen molar-refractivity contribution in [2.75, 3.05) is 12.3 Å². The number of hydrogen-bond acceptors (Lipinski definition) is 2. The number of ether oxygens (including phenoxy) is 1. The summed E-state index contributed by atoms with van der Waals surface area (Å²) in [6.45, 7) is 2.93. The highest BCUT2D eigenvalue weighted by atomic mass is 16.6. The Morgan fingerprint density at radius 3 is 2.92 bits per heavy atom. The maximum atomic E-state index is 5.78. The Balaban J connectivity index is 2.15. The Kier molecular flexibility index (Phi) is 1.77. The monoisotopic (exact) mass is 163 g/mol. The summed E-state index contributed by atoms with van der Waals surface area (Å²) in [6.07, 6.45) is 1.46. The number of rotatable bonds is 2. The normalized spacial score (nSPS) is 20.9. The van der Waals surface area contributed by atoms with Crippen molar-refractivity contribution in [3.8, 4) is 0 Å². The van der Waals surface area contributed by atoms with Gasteiger partial charge in [0.25, 0.3) is 0 Å². The molecule has 0 saturated carbocycles. The van der Waals surface area contributed by atoms with Crippen molar-refractivity contribution in [2.24, 2.45) is 0 Å². The van der Waals surface area contributed by atoms with Crippen LogP contribution in [0.2, 0.25) is 0 Å². The number of hydrogen-bond donors (Lipinski definition) is 1. The quantitative estimate of drug-likeness (QED) is 0.530. The zero-order chi connectivity index (χ0) is 8.55. The predicted octanol–water partition coefficient (Wildman–Crippen LogP) is 1.52. The summed E-state index contributed by atoms with van der Waals surface area (Å²) >= 11 is 0. The molecule has 1 aromatic rings. The second-order valence-electron chi connectivity index (χ2n) is 3.35. The summed E-state index contributed by atoms with van der Waals surface area (Å²) in [5, 5.41) is 0. The van der Waals surface area contributed by atoms with Crippen LogP contribution in [0.25, 0.3) is 0 Å². The van der Waals surface area contributed by atoms with Crippen molar-refractivity contribution in [2.45, 2.75) is 19.4 Å². The molecule has 0 aromatic heterocycles. The van der Waals surface area contributed by atoms with Gasteiger partial charge in [0.05, 0.1) is 12.7 Å². The van der Waals surface area contributed by atoms with Crippen LogP contribution in [-0.2, 0) is 11.2 Å². The molecule has 1 unspecified atom stereocenters. The molecule has 0 spiro atoms. The molecule has 0 bridgehead atoms. The maximum Gasteiger partial charge on any atom is 0.0850 e. The minimum Gasteiger partial charge on any atom is -0.399 e. The van der Waals surface area contributed by atoms with Crippen LogP contribution in [0.5, 0.6) is 0 Å². The van der Waals surface area contributed by atoms with Crippen molar-refractivity contribution in [1.82, 2.24) is 0 Å². The third-order valence-corrected chi connectivity index (χ3v) is 2.21. The molecule has 1 heterocycles. The lowest BCUT2D eigenvalue weighted by Crippen LogP contribution is -1.96. The van der Waals surface area contributed by atoms with E-state index in [2.05, 4.69) is 12.1 Å². The van der Waals surface area contributed by atoms with Crippen LogP contribution >= 0.6 is 0 Å². The molecule has 1 aliphatic rings. The third kappa shape index (κ3) is 1.59. The van der Waals surface area contributed by atoms with Gasteiger partial charge >= 0.3 is 0 Å². The number of epoxide rings is 1. The number of anilines is 1. The molecule has 0 amide bonds. The van der Waals surface area contributed by atoms with Gasteiger partial charge in [-0.2, -0.15) is 0 Å². The van der Waals surface area contributed by atoms with E-state index in [4.69, 9.17) is 10.5 Å². The Hall–Kier alpha value is -1.02. The van der Waals surface area contributed by atoms with Crippen molar-refractivity contribution in [3.05, 3.63) is 29.3 Å². The van der Waals surface area contributed by atoms with E-state index in [0.717, 1.165) is 24.3 Å². The van der Waals surface area contributed by atoms with Gasteiger partial charge in [-0.15, -0.1) is 0 Å². The van der Waals surface area contributed by atoms with Gasteiger partial charge in [-0.25, -0.2) is 0 Å². The van der Waals surface area contributed by atoms with Crippen molar-refractivity contribution < 1.29 is 4.74 Å². The second kappa shape index (κ2) is 2.79.